The molecular weight excluding hydrogens is 282 g/mol. The number of hydrogen-bond donors (Lipinski definition) is 0. The van der Waals surface area contributed by atoms with Gasteiger partial charge in [0, 0.05) is 5.69 Å². The van der Waals surface area contributed by atoms with Crippen LogP contribution >= 0.6 is 0 Å². The summed E-state index contributed by atoms with van der Waals surface area (Å²) in [4.78, 5) is 25.7. The molecule has 0 aromatic heterocycles. The molecular formula is C17H15NO4. The molecule has 0 radical (unpaired) electrons. The van der Waals surface area contributed by atoms with Crippen molar-refractivity contribution < 1.29 is 19.1 Å². The normalized spacial score (nSPS) is 13.0. The van der Waals surface area contributed by atoms with Gasteiger partial charge in [0.25, 0.3) is 5.91 Å². The standard InChI is InChI=1S/C17H15NO4/c1-21-14-5-3-4-12-10-18(16(19)15(12)14)13-8-6-11(7-9-13)17(20)22-2/h3-9H,10H2,1-2H3. The summed E-state index contributed by atoms with van der Waals surface area (Å²) in [5.74, 6) is 0.0821. The van der Waals surface area contributed by atoms with Crippen LogP contribution in [0.3, 0.4) is 0 Å². The minimum Gasteiger partial charge on any atom is -0.496 e. The molecule has 0 saturated carbocycles. The minimum absolute atomic E-state index is 0.0988. The predicted molar refractivity (Wildman–Crippen MR) is 81.3 cm³/mol. The van der Waals surface area contributed by atoms with E-state index in [9.17, 15) is 9.59 Å². The third-order valence-electron chi connectivity index (χ3n) is 3.72. The maximum atomic E-state index is 12.6. The van der Waals surface area contributed by atoms with Gasteiger partial charge in [-0.1, -0.05) is 12.1 Å². The Morgan fingerprint density at radius 1 is 1.09 bits per heavy atom. The first-order valence-electron chi connectivity index (χ1n) is 6.82. The molecule has 2 aromatic carbocycles. The first-order chi connectivity index (χ1) is 10.7. The zero-order valence-corrected chi connectivity index (χ0v) is 12.3. The second-order valence-corrected chi connectivity index (χ2v) is 4.92. The highest BCUT2D eigenvalue weighted by Crippen LogP contribution is 2.33. The van der Waals surface area contributed by atoms with Crippen LogP contribution in [-0.4, -0.2) is 26.1 Å². The molecule has 3 rings (SSSR count). The van der Waals surface area contributed by atoms with E-state index >= 15 is 0 Å². The smallest absolute Gasteiger partial charge is 0.337 e. The van der Waals surface area contributed by atoms with Gasteiger partial charge in [0.1, 0.15) is 5.75 Å². The number of benzene rings is 2. The number of anilines is 1. The van der Waals surface area contributed by atoms with E-state index in [-0.39, 0.29) is 5.91 Å². The van der Waals surface area contributed by atoms with Gasteiger partial charge in [0.05, 0.1) is 31.9 Å². The monoisotopic (exact) mass is 297 g/mol. The van der Waals surface area contributed by atoms with E-state index in [1.807, 2.05) is 12.1 Å². The molecule has 0 spiro atoms. The van der Waals surface area contributed by atoms with Crippen molar-refractivity contribution in [1.82, 2.24) is 0 Å². The van der Waals surface area contributed by atoms with Gasteiger partial charge in [0.2, 0.25) is 0 Å². The van der Waals surface area contributed by atoms with Crippen molar-refractivity contribution in [2.24, 2.45) is 0 Å². The van der Waals surface area contributed by atoms with Crippen LogP contribution < -0.4 is 9.64 Å². The lowest BCUT2D eigenvalue weighted by Gasteiger charge is -2.16. The summed E-state index contributed by atoms with van der Waals surface area (Å²) in [5, 5.41) is 0. The Morgan fingerprint density at radius 3 is 2.45 bits per heavy atom. The maximum absolute atomic E-state index is 12.6. The second-order valence-electron chi connectivity index (χ2n) is 4.92. The molecule has 112 valence electrons. The number of ether oxygens (including phenoxy) is 2. The van der Waals surface area contributed by atoms with Crippen LogP contribution in [0.4, 0.5) is 5.69 Å². The van der Waals surface area contributed by atoms with Crippen molar-refractivity contribution in [2.75, 3.05) is 19.1 Å². The van der Waals surface area contributed by atoms with Gasteiger partial charge in [-0.2, -0.15) is 0 Å². The molecule has 0 unspecified atom stereocenters. The topological polar surface area (TPSA) is 55.8 Å². The van der Waals surface area contributed by atoms with Gasteiger partial charge >= 0.3 is 5.97 Å². The predicted octanol–water partition coefficient (Wildman–Crippen LogP) is 2.64. The van der Waals surface area contributed by atoms with E-state index in [1.54, 1.807) is 42.3 Å². The van der Waals surface area contributed by atoms with E-state index in [4.69, 9.17) is 4.74 Å². The van der Waals surface area contributed by atoms with Crippen molar-refractivity contribution in [3.05, 3.63) is 59.2 Å². The van der Waals surface area contributed by atoms with Crippen molar-refractivity contribution >= 4 is 17.6 Å². The summed E-state index contributed by atoms with van der Waals surface area (Å²) < 4.78 is 9.94. The molecule has 0 aliphatic carbocycles. The fourth-order valence-corrected chi connectivity index (χ4v) is 2.60. The lowest BCUT2D eigenvalue weighted by atomic mass is 10.1. The number of esters is 1. The molecule has 1 heterocycles. The number of carbonyl (C=O) groups excluding carboxylic acids is 2. The molecule has 1 aliphatic heterocycles. The highest BCUT2D eigenvalue weighted by atomic mass is 16.5. The van der Waals surface area contributed by atoms with E-state index in [0.29, 0.717) is 23.4 Å². The first-order valence-corrected chi connectivity index (χ1v) is 6.82. The summed E-state index contributed by atoms with van der Waals surface area (Å²) in [6.07, 6.45) is 0. The molecule has 1 aliphatic rings. The number of rotatable bonds is 3. The van der Waals surface area contributed by atoms with E-state index in [0.717, 1.165) is 11.3 Å². The molecule has 0 N–H and O–H groups in total. The van der Waals surface area contributed by atoms with Gasteiger partial charge in [0.15, 0.2) is 0 Å². The summed E-state index contributed by atoms with van der Waals surface area (Å²) in [7, 11) is 2.89. The van der Waals surface area contributed by atoms with Crippen LogP contribution in [-0.2, 0) is 11.3 Å². The summed E-state index contributed by atoms with van der Waals surface area (Å²) >= 11 is 0. The average molecular weight is 297 g/mol. The molecule has 22 heavy (non-hydrogen) atoms. The SMILES string of the molecule is COC(=O)c1ccc(N2Cc3cccc(OC)c3C2=O)cc1. The third-order valence-corrected chi connectivity index (χ3v) is 3.72. The van der Waals surface area contributed by atoms with E-state index in [2.05, 4.69) is 4.74 Å². The Hall–Kier alpha value is -2.82. The van der Waals surface area contributed by atoms with Crippen molar-refractivity contribution in [1.29, 1.82) is 0 Å². The molecule has 0 fully saturated rings. The molecule has 0 saturated heterocycles. The van der Waals surface area contributed by atoms with Crippen molar-refractivity contribution in [3.63, 3.8) is 0 Å². The Bertz CT molecular complexity index is 737. The Labute approximate surface area is 128 Å². The zero-order valence-electron chi connectivity index (χ0n) is 12.3. The highest BCUT2D eigenvalue weighted by molar-refractivity contribution is 6.11. The lowest BCUT2D eigenvalue weighted by Crippen LogP contribution is -2.23. The number of hydrogen-bond acceptors (Lipinski definition) is 4. The number of methoxy groups -OCH3 is 2. The minimum atomic E-state index is -0.399. The lowest BCUT2D eigenvalue weighted by molar-refractivity contribution is 0.0600. The molecule has 5 heteroatoms. The number of carbonyl (C=O) groups is 2. The average Bonchev–Trinajstić information content (AvgIpc) is 2.91. The summed E-state index contributed by atoms with van der Waals surface area (Å²) in [6.45, 7) is 0.489. The fourth-order valence-electron chi connectivity index (χ4n) is 2.60. The van der Waals surface area contributed by atoms with Crippen molar-refractivity contribution in [2.45, 2.75) is 6.54 Å². The molecule has 1 amide bonds. The third kappa shape index (κ3) is 2.20. The van der Waals surface area contributed by atoms with Crippen LogP contribution in [0.2, 0.25) is 0 Å². The van der Waals surface area contributed by atoms with Crippen LogP contribution in [0, 0.1) is 0 Å². The first kappa shape index (κ1) is 14.1. The fraction of sp³-hybridized carbons (Fsp3) is 0.176. The van der Waals surface area contributed by atoms with Gasteiger partial charge in [-0.15, -0.1) is 0 Å². The van der Waals surface area contributed by atoms with Crippen molar-refractivity contribution in [3.8, 4) is 5.75 Å². The highest BCUT2D eigenvalue weighted by Gasteiger charge is 2.31. The molecule has 2 aromatic rings. The number of nitrogens with zero attached hydrogens (tertiary/aromatic N) is 1. The second kappa shape index (κ2) is 5.52. The molecule has 5 nitrogen and oxygen atoms in total. The summed E-state index contributed by atoms with van der Waals surface area (Å²) in [6, 6.07) is 12.3. The molecule has 0 atom stereocenters. The zero-order chi connectivity index (χ0) is 15.7. The Balaban J connectivity index is 1.92. The molecule has 0 bridgehead atoms. The van der Waals surface area contributed by atoms with Crippen LogP contribution in [0.25, 0.3) is 0 Å². The van der Waals surface area contributed by atoms with Gasteiger partial charge in [-0.05, 0) is 35.9 Å². The number of fused-ring (bicyclic) bond motifs is 1. The number of amides is 1. The van der Waals surface area contributed by atoms with E-state index in [1.165, 1.54) is 7.11 Å². The maximum Gasteiger partial charge on any atom is 0.337 e. The Morgan fingerprint density at radius 2 is 1.82 bits per heavy atom. The van der Waals surface area contributed by atoms with Crippen LogP contribution in [0.15, 0.2) is 42.5 Å². The van der Waals surface area contributed by atoms with Crippen LogP contribution in [0.1, 0.15) is 26.3 Å². The largest absolute Gasteiger partial charge is 0.496 e. The van der Waals surface area contributed by atoms with Gasteiger partial charge in [-0.25, -0.2) is 4.79 Å². The van der Waals surface area contributed by atoms with Gasteiger partial charge < -0.3 is 14.4 Å². The van der Waals surface area contributed by atoms with Crippen LogP contribution in [0.5, 0.6) is 5.75 Å². The Kier molecular flexibility index (Phi) is 3.55. The van der Waals surface area contributed by atoms with Gasteiger partial charge in [-0.3, -0.25) is 4.79 Å². The van der Waals surface area contributed by atoms with E-state index < -0.39 is 5.97 Å². The summed E-state index contributed by atoms with van der Waals surface area (Å²) in [5.41, 5.74) is 2.72. The quantitative estimate of drug-likeness (QED) is 0.817.